The van der Waals surface area contributed by atoms with E-state index < -0.39 is 0 Å². The van der Waals surface area contributed by atoms with E-state index in [0.29, 0.717) is 23.7 Å². The van der Waals surface area contributed by atoms with Gasteiger partial charge >= 0.3 is 5.63 Å². The maximum Gasteiger partial charge on any atom is 0.336 e. The van der Waals surface area contributed by atoms with E-state index in [-0.39, 0.29) is 12.2 Å². The number of aliphatic hydroxyl groups is 1. The van der Waals surface area contributed by atoms with Gasteiger partial charge in [-0.2, -0.15) is 0 Å². The molecule has 0 aliphatic heterocycles. The zero-order valence-corrected chi connectivity index (χ0v) is 10.8. The van der Waals surface area contributed by atoms with Crippen molar-refractivity contribution >= 4 is 22.6 Å². The van der Waals surface area contributed by atoms with Gasteiger partial charge in [0.25, 0.3) is 0 Å². The van der Waals surface area contributed by atoms with Crippen LogP contribution >= 0.6 is 11.6 Å². The molecule has 2 rings (SSSR count). The summed E-state index contributed by atoms with van der Waals surface area (Å²) in [5, 5.41) is 13.2. The minimum Gasteiger partial charge on any atom is -0.423 e. The van der Waals surface area contributed by atoms with E-state index in [1.54, 1.807) is 12.1 Å². The number of hydrogen-bond donors (Lipinski definition) is 2. The summed E-state index contributed by atoms with van der Waals surface area (Å²) >= 11 is 6.08. The van der Waals surface area contributed by atoms with E-state index in [1.807, 2.05) is 6.92 Å². The fraction of sp³-hybridized carbons (Fsp3) is 0.308. The van der Waals surface area contributed by atoms with Gasteiger partial charge in [0, 0.05) is 29.6 Å². The average molecular weight is 268 g/mol. The van der Waals surface area contributed by atoms with Crippen molar-refractivity contribution in [3.8, 4) is 0 Å². The second kappa shape index (κ2) is 5.52. The van der Waals surface area contributed by atoms with Crippen LogP contribution in [0.4, 0.5) is 0 Å². The molecule has 2 aromatic rings. The van der Waals surface area contributed by atoms with Gasteiger partial charge in [-0.1, -0.05) is 11.6 Å². The fourth-order valence-electron chi connectivity index (χ4n) is 1.80. The number of rotatable bonds is 4. The van der Waals surface area contributed by atoms with Crippen molar-refractivity contribution in [1.82, 2.24) is 5.32 Å². The number of hydrogen-bond acceptors (Lipinski definition) is 4. The van der Waals surface area contributed by atoms with Crippen molar-refractivity contribution in [2.45, 2.75) is 13.5 Å². The van der Waals surface area contributed by atoms with Crippen LogP contribution in [0.2, 0.25) is 5.02 Å². The number of fused-ring (bicyclic) bond motifs is 1. The van der Waals surface area contributed by atoms with Crippen molar-refractivity contribution in [3.63, 3.8) is 0 Å². The van der Waals surface area contributed by atoms with Gasteiger partial charge in [0.15, 0.2) is 0 Å². The molecule has 1 aromatic heterocycles. The van der Waals surface area contributed by atoms with Crippen LogP contribution in [0.3, 0.4) is 0 Å². The fourth-order valence-corrected chi connectivity index (χ4v) is 1.96. The van der Waals surface area contributed by atoms with Crippen LogP contribution in [0.1, 0.15) is 11.1 Å². The zero-order chi connectivity index (χ0) is 13.1. The number of halogens is 1. The first kappa shape index (κ1) is 13.1. The summed E-state index contributed by atoms with van der Waals surface area (Å²) in [5.74, 6) is 0. The monoisotopic (exact) mass is 267 g/mol. The lowest BCUT2D eigenvalue weighted by atomic mass is 10.1. The predicted molar refractivity (Wildman–Crippen MR) is 71.0 cm³/mol. The van der Waals surface area contributed by atoms with E-state index in [2.05, 4.69) is 5.32 Å². The van der Waals surface area contributed by atoms with Crippen LogP contribution in [0.25, 0.3) is 11.0 Å². The van der Waals surface area contributed by atoms with Crippen LogP contribution in [-0.4, -0.2) is 18.3 Å². The molecule has 0 atom stereocenters. The van der Waals surface area contributed by atoms with Crippen LogP contribution in [0.5, 0.6) is 0 Å². The summed E-state index contributed by atoms with van der Waals surface area (Å²) in [7, 11) is 0. The summed E-state index contributed by atoms with van der Waals surface area (Å²) in [5.41, 5.74) is 1.83. The first-order valence-electron chi connectivity index (χ1n) is 5.66. The third-order valence-electron chi connectivity index (χ3n) is 2.71. The first-order valence-corrected chi connectivity index (χ1v) is 6.04. The van der Waals surface area contributed by atoms with E-state index in [9.17, 15) is 4.79 Å². The molecule has 0 amide bonds. The Morgan fingerprint density at radius 1 is 1.39 bits per heavy atom. The Bertz CT molecular complexity index is 621. The van der Waals surface area contributed by atoms with Gasteiger partial charge in [-0.25, -0.2) is 4.79 Å². The Balaban J connectivity index is 2.50. The summed E-state index contributed by atoms with van der Waals surface area (Å²) < 4.78 is 5.15. The molecule has 2 N–H and O–H groups in total. The Hall–Kier alpha value is -1.36. The molecule has 0 aliphatic carbocycles. The third kappa shape index (κ3) is 2.72. The molecule has 0 fully saturated rings. The van der Waals surface area contributed by atoms with Gasteiger partial charge in [-0.3, -0.25) is 0 Å². The normalized spacial score (nSPS) is 11.1. The Labute approximate surface area is 109 Å². The average Bonchev–Trinajstić information content (AvgIpc) is 2.32. The molecular formula is C13H14ClNO3. The number of aliphatic hydroxyl groups excluding tert-OH is 1. The molecule has 1 aromatic carbocycles. The number of benzene rings is 1. The first-order chi connectivity index (χ1) is 8.61. The highest BCUT2D eigenvalue weighted by Crippen LogP contribution is 2.24. The highest BCUT2D eigenvalue weighted by Gasteiger charge is 2.08. The van der Waals surface area contributed by atoms with E-state index in [4.69, 9.17) is 21.1 Å². The van der Waals surface area contributed by atoms with Gasteiger partial charge in [-0.15, -0.1) is 0 Å². The van der Waals surface area contributed by atoms with Crippen molar-refractivity contribution in [2.75, 3.05) is 13.2 Å². The second-order valence-electron chi connectivity index (χ2n) is 4.09. The lowest BCUT2D eigenvalue weighted by Crippen LogP contribution is -2.18. The van der Waals surface area contributed by atoms with Crippen molar-refractivity contribution in [1.29, 1.82) is 0 Å². The SMILES string of the molecule is Cc1cc2oc(=O)cc(CNCCO)c2cc1Cl. The molecule has 96 valence electrons. The second-order valence-corrected chi connectivity index (χ2v) is 4.50. The molecule has 0 aliphatic rings. The van der Waals surface area contributed by atoms with Crippen LogP contribution in [0, 0.1) is 6.92 Å². The highest BCUT2D eigenvalue weighted by molar-refractivity contribution is 6.32. The summed E-state index contributed by atoms with van der Waals surface area (Å²) in [6.07, 6.45) is 0. The standard InChI is InChI=1S/C13H14ClNO3/c1-8-4-12-10(6-11(8)14)9(5-13(17)18-12)7-15-2-3-16/h4-6,15-16H,2-3,7H2,1H3. The number of aryl methyl sites for hydroxylation is 1. The van der Waals surface area contributed by atoms with Gasteiger partial charge in [0.1, 0.15) is 5.58 Å². The maximum absolute atomic E-state index is 11.5. The Morgan fingerprint density at radius 3 is 2.89 bits per heavy atom. The topological polar surface area (TPSA) is 62.5 Å². The third-order valence-corrected chi connectivity index (χ3v) is 3.12. The van der Waals surface area contributed by atoms with Gasteiger partial charge in [-0.05, 0) is 30.2 Å². The quantitative estimate of drug-likeness (QED) is 0.655. The molecule has 0 bridgehead atoms. The Kier molecular flexibility index (Phi) is 4.01. The van der Waals surface area contributed by atoms with Gasteiger partial charge in [0.2, 0.25) is 0 Å². The molecule has 0 saturated heterocycles. The largest absolute Gasteiger partial charge is 0.423 e. The van der Waals surface area contributed by atoms with Crippen LogP contribution in [-0.2, 0) is 6.54 Å². The van der Waals surface area contributed by atoms with Gasteiger partial charge < -0.3 is 14.8 Å². The lowest BCUT2D eigenvalue weighted by Gasteiger charge is -2.08. The highest BCUT2D eigenvalue weighted by atomic mass is 35.5. The minimum absolute atomic E-state index is 0.0548. The molecule has 1 heterocycles. The number of nitrogens with one attached hydrogen (secondary N) is 1. The molecular weight excluding hydrogens is 254 g/mol. The van der Waals surface area contributed by atoms with Crippen molar-refractivity contribution in [2.24, 2.45) is 0 Å². The molecule has 0 saturated carbocycles. The zero-order valence-electron chi connectivity index (χ0n) is 10.00. The molecule has 0 spiro atoms. The smallest absolute Gasteiger partial charge is 0.336 e. The minimum atomic E-state index is -0.384. The molecule has 0 radical (unpaired) electrons. The Morgan fingerprint density at radius 2 is 2.17 bits per heavy atom. The summed E-state index contributed by atoms with van der Waals surface area (Å²) in [4.78, 5) is 11.5. The predicted octanol–water partition coefficient (Wildman–Crippen LogP) is 1.84. The molecule has 18 heavy (non-hydrogen) atoms. The summed E-state index contributed by atoms with van der Waals surface area (Å²) in [6, 6.07) is 5.00. The lowest BCUT2D eigenvalue weighted by molar-refractivity contribution is 0.292. The maximum atomic E-state index is 11.5. The molecule has 0 unspecified atom stereocenters. The van der Waals surface area contributed by atoms with E-state index in [1.165, 1.54) is 6.07 Å². The van der Waals surface area contributed by atoms with Gasteiger partial charge in [0.05, 0.1) is 6.61 Å². The molecule has 5 heteroatoms. The van der Waals surface area contributed by atoms with E-state index >= 15 is 0 Å². The van der Waals surface area contributed by atoms with Crippen LogP contribution < -0.4 is 10.9 Å². The summed E-state index contributed by atoms with van der Waals surface area (Å²) in [6.45, 7) is 2.88. The molecule has 4 nitrogen and oxygen atoms in total. The van der Waals surface area contributed by atoms with Crippen molar-refractivity contribution < 1.29 is 9.52 Å². The van der Waals surface area contributed by atoms with Crippen LogP contribution in [0.15, 0.2) is 27.4 Å². The van der Waals surface area contributed by atoms with E-state index in [0.717, 1.165) is 16.5 Å². The van der Waals surface area contributed by atoms with Crippen molar-refractivity contribution in [3.05, 3.63) is 44.8 Å².